The number of fused-ring (bicyclic) bond motifs is 1. The quantitative estimate of drug-likeness (QED) is 0.611. The molecule has 1 aliphatic heterocycles. The summed E-state index contributed by atoms with van der Waals surface area (Å²) in [5.41, 5.74) is 1.33. The molecule has 0 nitrogen and oxygen atoms in total. The fourth-order valence-electron chi connectivity index (χ4n) is 1.07. The van der Waals surface area contributed by atoms with Gasteiger partial charge in [0.1, 0.15) is 0 Å². The predicted octanol–water partition coefficient (Wildman–Crippen LogP) is 3.53. The lowest BCUT2D eigenvalue weighted by Crippen LogP contribution is -1.92. The van der Waals surface area contributed by atoms with Crippen LogP contribution in [-0.4, -0.2) is 4.16 Å². The number of thioether (sulfide) groups is 1. The highest BCUT2D eigenvalue weighted by Gasteiger charge is 2.09. The van der Waals surface area contributed by atoms with Gasteiger partial charge >= 0.3 is 0 Å². The third kappa shape index (κ3) is 1.52. The number of alkyl halides is 1. The molecule has 56 valence electrons. The summed E-state index contributed by atoms with van der Waals surface area (Å²) in [4.78, 5) is 1.36. The fraction of sp³-hybridized carbons (Fsp3) is 0.111. The highest BCUT2D eigenvalue weighted by Crippen LogP contribution is 2.35. The van der Waals surface area contributed by atoms with Crippen molar-refractivity contribution in [3.8, 4) is 0 Å². The van der Waals surface area contributed by atoms with Crippen LogP contribution in [0.4, 0.5) is 0 Å². The van der Waals surface area contributed by atoms with Gasteiger partial charge in [0.2, 0.25) is 0 Å². The highest BCUT2D eigenvalue weighted by molar-refractivity contribution is 9.11. The van der Waals surface area contributed by atoms with Crippen molar-refractivity contribution in [1.82, 2.24) is 0 Å². The third-order valence-electron chi connectivity index (χ3n) is 1.59. The first-order chi connectivity index (χ1) is 5.36. The Labute approximate surface area is 78.8 Å². The molecule has 1 aromatic rings. The Morgan fingerprint density at radius 1 is 1.27 bits per heavy atom. The molecular weight excluding hydrogens is 220 g/mol. The number of rotatable bonds is 0. The SMILES string of the molecule is BrC1C=Cc2ccccc2S1. The monoisotopic (exact) mass is 226 g/mol. The predicted molar refractivity (Wildman–Crippen MR) is 54.0 cm³/mol. The molecule has 0 radical (unpaired) electrons. The second-order valence-electron chi connectivity index (χ2n) is 2.37. The van der Waals surface area contributed by atoms with Gasteiger partial charge in [0.15, 0.2) is 0 Å². The molecule has 0 aliphatic carbocycles. The van der Waals surface area contributed by atoms with E-state index < -0.39 is 0 Å². The number of hydrogen-bond acceptors (Lipinski definition) is 1. The molecule has 0 saturated carbocycles. The summed E-state index contributed by atoms with van der Waals surface area (Å²) in [5, 5.41) is 0. The standard InChI is InChI=1S/C9H7BrS/c10-9-6-5-7-3-1-2-4-8(7)11-9/h1-6,9H. The van der Waals surface area contributed by atoms with Crippen molar-refractivity contribution in [1.29, 1.82) is 0 Å². The Morgan fingerprint density at radius 3 is 3.00 bits per heavy atom. The van der Waals surface area contributed by atoms with E-state index in [1.54, 1.807) is 0 Å². The van der Waals surface area contributed by atoms with Crippen LogP contribution in [0.2, 0.25) is 0 Å². The number of hydrogen-bond donors (Lipinski definition) is 0. The minimum absolute atomic E-state index is 0.442. The van der Waals surface area contributed by atoms with Crippen molar-refractivity contribution in [3.63, 3.8) is 0 Å². The molecule has 1 aromatic carbocycles. The van der Waals surface area contributed by atoms with Crippen LogP contribution in [0.3, 0.4) is 0 Å². The molecule has 1 unspecified atom stereocenters. The van der Waals surface area contributed by atoms with Gasteiger partial charge < -0.3 is 0 Å². The number of halogens is 1. The van der Waals surface area contributed by atoms with Crippen LogP contribution >= 0.6 is 27.7 Å². The highest BCUT2D eigenvalue weighted by atomic mass is 79.9. The van der Waals surface area contributed by atoms with Crippen LogP contribution in [0.25, 0.3) is 6.08 Å². The molecule has 2 heteroatoms. The summed E-state index contributed by atoms with van der Waals surface area (Å²) >= 11 is 5.38. The molecule has 0 aromatic heterocycles. The van der Waals surface area contributed by atoms with Gasteiger partial charge in [-0.2, -0.15) is 0 Å². The van der Waals surface area contributed by atoms with Crippen LogP contribution in [-0.2, 0) is 0 Å². The molecule has 1 aliphatic rings. The lowest BCUT2D eigenvalue weighted by molar-refractivity contribution is 1.39. The first kappa shape index (κ1) is 7.44. The average Bonchev–Trinajstić information content (AvgIpc) is 2.04. The Morgan fingerprint density at radius 2 is 2.09 bits per heavy atom. The third-order valence-corrected chi connectivity index (χ3v) is 3.46. The van der Waals surface area contributed by atoms with Gasteiger partial charge in [0.05, 0.1) is 4.16 Å². The zero-order valence-corrected chi connectivity index (χ0v) is 8.23. The second-order valence-corrected chi connectivity index (χ2v) is 5.14. The topological polar surface area (TPSA) is 0 Å². The molecule has 0 spiro atoms. The zero-order chi connectivity index (χ0) is 7.68. The molecular formula is C9H7BrS. The van der Waals surface area contributed by atoms with E-state index in [-0.39, 0.29) is 0 Å². The first-order valence-electron chi connectivity index (χ1n) is 3.44. The summed E-state index contributed by atoms with van der Waals surface area (Å²) in [6, 6.07) is 8.43. The van der Waals surface area contributed by atoms with E-state index >= 15 is 0 Å². The van der Waals surface area contributed by atoms with Gasteiger partial charge in [-0.15, -0.1) is 11.8 Å². The van der Waals surface area contributed by atoms with Gasteiger partial charge in [-0.05, 0) is 11.6 Å². The summed E-state index contributed by atoms with van der Waals surface area (Å²) in [7, 11) is 0. The molecule has 1 atom stereocenters. The first-order valence-corrected chi connectivity index (χ1v) is 5.24. The summed E-state index contributed by atoms with van der Waals surface area (Å²) < 4.78 is 0.442. The molecule has 11 heavy (non-hydrogen) atoms. The van der Waals surface area contributed by atoms with Gasteiger partial charge in [-0.25, -0.2) is 0 Å². The van der Waals surface area contributed by atoms with Crippen molar-refractivity contribution < 1.29 is 0 Å². The lowest BCUT2D eigenvalue weighted by atomic mass is 10.2. The van der Waals surface area contributed by atoms with Gasteiger partial charge in [0, 0.05) is 4.90 Å². The van der Waals surface area contributed by atoms with E-state index in [0.29, 0.717) is 4.16 Å². The van der Waals surface area contributed by atoms with Gasteiger partial charge in [-0.1, -0.05) is 46.3 Å². The van der Waals surface area contributed by atoms with E-state index in [2.05, 4.69) is 52.3 Å². The summed E-state index contributed by atoms with van der Waals surface area (Å²) in [5.74, 6) is 0. The van der Waals surface area contributed by atoms with Crippen LogP contribution in [0.1, 0.15) is 5.56 Å². The molecule has 0 amide bonds. The maximum Gasteiger partial charge on any atom is 0.0830 e. The van der Waals surface area contributed by atoms with E-state index in [1.165, 1.54) is 10.5 Å². The van der Waals surface area contributed by atoms with E-state index in [0.717, 1.165) is 0 Å². The van der Waals surface area contributed by atoms with Crippen molar-refractivity contribution in [2.75, 3.05) is 0 Å². The minimum Gasteiger partial charge on any atom is -0.106 e. The minimum atomic E-state index is 0.442. The molecule has 2 rings (SSSR count). The molecule has 0 N–H and O–H groups in total. The van der Waals surface area contributed by atoms with Crippen molar-refractivity contribution in [3.05, 3.63) is 35.9 Å². The average molecular weight is 227 g/mol. The smallest absolute Gasteiger partial charge is 0.0830 e. The molecule has 0 bridgehead atoms. The number of benzene rings is 1. The normalized spacial score (nSPS) is 21.4. The Kier molecular flexibility index (Phi) is 2.05. The van der Waals surface area contributed by atoms with E-state index in [4.69, 9.17) is 0 Å². The summed E-state index contributed by atoms with van der Waals surface area (Å²) in [6.45, 7) is 0. The van der Waals surface area contributed by atoms with Gasteiger partial charge in [-0.3, -0.25) is 0 Å². The Bertz CT molecular complexity index is 293. The largest absolute Gasteiger partial charge is 0.106 e. The maximum absolute atomic E-state index is 3.53. The molecule has 0 fully saturated rings. The van der Waals surface area contributed by atoms with Crippen molar-refractivity contribution in [2.24, 2.45) is 0 Å². The maximum atomic E-state index is 3.53. The van der Waals surface area contributed by atoms with Crippen molar-refractivity contribution in [2.45, 2.75) is 9.05 Å². The molecule has 1 heterocycles. The van der Waals surface area contributed by atoms with Crippen LogP contribution in [0.5, 0.6) is 0 Å². The van der Waals surface area contributed by atoms with Crippen LogP contribution < -0.4 is 0 Å². The Balaban J connectivity index is 2.46. The zero-order valence-electron chi connectivity index (χ0n) is 5.83. The van der Waals surface area contributed by atoms with Crippen LogP contribution in [0, 0.1) is 0 Å². The lowest BCUT2D eigenvalue weighted by Gasteiger charge is -2.12. The van der Waals surface area contributed by atoms with E-state index in [1.807, 2.05) is 11.8 Å². The second kappa shape index (κ2) is 3.03. The Hall–Kier alpha value is -0.210. The van der Waals surface area contributed by atoms with Crippen LogP contribution in [0.15, 0.2) is 35.2 Å². The van der Waals surface area contributed by atoms with Gasteiger partial charge in [0.25, 0.3) is 0 Å². The fourth-order valence-corrected chi connectivity index (χ4v) is 2.65. The van der Waals surface area contributed by atoms with E-state index in [9.17, 15) is 0 Å². The van der Waals surface area contributed by atoms with Crippen molar-refractivity contribution >= 4 is 33.8 Å². The summed E-state index contributed by atoms with van der Waals surface area (Å²) in [6.07, 6.45) is 4.32. The molecule has 0 saturated heterocycles.